The van der Waals surface area contributed by atoms with Crippen molar-refractivity contribution in [2.75, 3.05) is 31.1 Å². The number of benzene rings is 1. The van der Waals surface area contributed by atoms with Gasteiger partial charge in [-0.2, -0.15) is 0 Å². The van der Waals surface area contributed by atoms with Crippen LogP contribution in [0.2, 0.25) is 0 Å². The van der Waals surface area contributed by atoms with E-state index in [-0.39, 0.29) is 30.6 Å². The number of fused-ring (bicyclic) bond motifs is 1. The van der Waals surface area contributed by atoms with Crippen molar-refractivity contribution in [3.63, 3.8) is 0 Å². The van der Waals surface area contributed by atoms with Gasteiger partial charge in [0.05, 0.1) is 17.9 Å². The molecule has 1 saturated heterocycles. The number of ether oxygens (including phenoxy) is 2. The highest BCUT2D eigenvalue weighted by Gasteiger charge is 2.27. The molecule has 24 heavy (non-hydrogen) atoms. The minimum Gasteiger partial charge on any atom is -0.482 e. The number of morpholine rings is 1. The first-order valence-electron chi connectivity index (χ1n) is 8.50. The first-order valence-corrected chi connectivity index (χ1v) is 8.50. The smallest absolute Gasteiger partial charge is 0.265 e. The number of amides is 2. The summed E-state index contributed by atoms with van der Waals surface area (Å²) in [5.41, 5.74) is 0.787. The molecule has 6 heteroatoms. The van der Waals surface area contributed by atoms with E-state index in [2.05, 4.69) is 0 Å². The van der Waals surface area contributed by atoms with Gasteiger partial charge in [0.25, 0.3) is 5.91 Å². The van der Waals surface area contributed by atoms with Crippen LogP contribution in [-0.2, 0) is 14.3 Å². The van der Waals surface area contributed by atoms with Crippen molar-refractivity contribution >= 4 is 17.5 Å². The molecule has 2 amide bonds. The molecule has 0 saturated carbocycles. The van der Waals surface area contributed by atoms with E-state index in [9.17, 15) is 9.59 Å². The Kier molecular flexibility index (Phi) is 5.04. The second-order valence-corrected chi connectivity index (χ2v) is 6.46. The van der Waals surface area contributed by atoms with Crippen molar-refractivity contribution < 1.29 is 19.1 Å². The predicted molar refractivity (Wildman–Crippen MR) is 90.1 cm³/mol. The molecule has 2 aliphatic heterocycles. The number of hydrogen-bond donors (Lipinski definition) is 0. The number of anilines is 1. The molecule has 130 valence electrons. The largest absolute Gasteiger partial charge is 0.482 e. The maximum absolute atomic E-state index is 12.4. The van der Waals surface area contributed by atoms with Gasteiger partial charge < -0.3 is 19.3 Å². The van der Waals surface area contributed by atoms with Gasteiger partial charge in [-0.25, -0.2) is 0 Å². The van der Waals surface area contributed by atoms with Gasteiger partial charge in [-0.05, 0) is 32.4 Å². The zero-order chi connectivity index (χ0) is 17.1. The third-order valence-corrected chi connectivity index (χ3v) is 4.35. The topological polar surface area (TPSA) is 59.1 Å². The van der Waals surface area contributed by atoms with Crippen molar-refractivity contribution in [2.24, 2.45) is 0 Å². The Morgan fingerprint density at radius 1 is 1.21 bits per heavy atom. The normalized spacial score (nSPS) is 23.7. The van der Waals surface area contributed by atoms with E-state index in [4.69, 9.17) is 9.47 Å². The molecule has 0 unspecified atom stereocenters. The van der Waals surface area contributed by atoms with Crippen molar-refractivity contribution in [1.29, 1.82) is 0 Å². The molecule has 2 aliphatic rings. The molecule has 0 aromatic heterocycles. The maximum Gasteiger partial charge on any atom is 0.265 e. The molecular formula is C18H24N2O4. The summed E-state index contributed by atoms with van der Waals surface area (Å²) in [7, 11) is 0. The first-order chi connectivity index (χ1) is 11.5. The number of carbonyl (C=O) groups excluding carboxylic acids is 2. The van der Waals surface area contributed by atoms with Crippen molar-refractivity contribution in [2.45, 2.75) is 38.9 Å². The second kappa shape index (κ2) is 7.21. The van der Waals surface area contributed by atoms with Crippen LogP contribution in [0.5, 0.6) is 5.75 Å². The summed E-state index contributed by atoms with van der Waals surface area (Å²) in [4.78, 5) is 28.1. The number of carbonyl (C=O) groups is 2. The standard InChI is InChI=1S/C18H24N2O4/c1-13-10-19(11-14(2)24-13)17(21)8-5-9-20-15-6-3-4-7-16(15)23-12-18(20)22/h3-4,6-7,13-14H,5,8-12H2,1-2H3/t13-,14+. The van der Waals surface area contributed by atoms with E-state index in [1.165, 1.54) is 0 Å². The average molecular weight is 332 g/mol. The Labute approximate surface area is 142 Å². The van der Waals surface area contributed by atoms with Gasteiger partial charge in [0.1, 0.15) is 5.75 Å². The lowest BCUT2D eigenvalue weighted by atomic mass is 10.1. The van der Waals surface area contributed by atoms with E-state index in [0.29, 0.717) is 32.5 Å². The van der Waals surface area contributed by atoms with Crippen LogP contribution in [0.3, 0.4) is 0 Å². The van der Waals surface area contributed by atoms with Gasteiger partial charge in [-0.1, -0.05) is 12.1 Å². The van der Waals surface area contributed by atoms with Crippen LogP contribution in [0.15, 0.2) is 24.3 Å². The molecular weight excluding hydrogens is 308 g/mol. The van der Waals surface area contributed by atoms with Crippen LogP contribution in [0, 0.1) is 0 Å². The van der Waals surface area contributed by atoms with Gasteiger partial charge in [0, 0.05) is 26.1 Å². The minimum absolute atomic E-state index is 0.0590. The zero-order valence-corrected chi connectivity index (χ0v) is 14.2. The van der Waals surface area contributed by atoms with E-state index < -0.39 is 0 Å². The lowest BCUT2D eigenvalue weighted by Crippen LogP contribution is -2.48. The molecule has 1 aromatic rings. The molecule has 3 rings (SSSR count). The van der Waals surface area contributed by atoms with Gasteiger partial charge in [0.2, 0.25) is 5.91 Å². The Morgan fingerprint density at radius 3 is 2.67 bits per heavy atom. The highest BCUT2D eigenvalue weighted by molar-refractivity contribution is 5.97. The Balaban J connectivity index is 1.55. The molecule has 1 fully saturated rings. The first kappa shape index (κ1) is 16.8. The summed E-state index contributed by atoms with van der Waals surface area (Å²) in [6.07, 6.45) is 1.22. The summed E-state index contributed by atoms with van der Waals surface area (Å²) < 4.78 is 11.1. The van der Waals surface area contributed by atoms with Crippen LogP contribution in [-0.4, -0.2) is 55.2 Å². The summed E-state index contributed by atoms with van der Waals surface area (Å²) in [6, 6.07) is 7.50. The highest BCUT2D eigenvalue weighted by atomic mass is 16.5. The molecule has 2 atom stereocenters. The van der Waals surface area contributed by atoms with E-state index >= 15 is 0 Å². The van der Waals surface area contributed by atoms with Gasteiger partial charge in [0.15, 0.2) is 6.61 Å². The molecule has 2 heterocycles. The fourth-order valence-corrected chi connectivity index (χ4v) is 3.33. The quantitative estimate of drug-likeness (QED) is 0.844. The third kappa shape index (κ3) is 3.70. The van der Waals surface area contributed by atoms with E-state index in [1.54, 1.807) is 4.90 Å². The maximum atomic E-state index is 12.4. The fraction of sp³-hybridized carbons (Fsp3) is 0.556. The minimum atomic E-state index is -0.0604. The SMILES string of the molecule is C[C@@H]1CN(C(=O)CCCN2C(=O)COc3ccccc32)C[C@H](C)O1. The van der Waals surface area contributed by atoms with Gasteiger partial charge in [-0.15, -0.1) is 0 Å². The summed E-state index contributed by atoms with van der Waals surface area (Å²) in [5.74, 6) is 0.792. The predicted octanol–water partition coefficient (Wildman–Crippen LogP) is 1.83. The molecule has 0 spiro atoms. The fourth-order valence-electron chi connectivity index (χ4n) is 3.33. The Hall–Kier alpha value is -2.08. The van der Waals surface area contributed by atoms with E-state index in [0.717, 1.165) is 11.4 Å². The third-order valence-electron chi connectivity index (χ3n) is 4.35. The van der Waals surface area contributed by atoms with Crippen LogP contribution in [0.4, 0.5) is 5.69 Å². The van der Waals surface area contributed by atoms with Gasteiger partial charge in [-0.3, -0.25) is 9.59 Å². The number of rotatable bonds is 4. The zero-order valence-electron chi connectivity index (χ0n) is 14.2. The Bertz CT molecular complexity index is 609. The lowest BCUT2D eigenvalue weighted by Gasteiger charge is -2.35. The lowest BCUT2D eigenvalue weighted by molar-refractivity contribution is -0.143. The Morgan fingerprint density at radius 2 is 1.92 bits per heavy atom. The molecule has 0 aliphatic carbocycles. The molecule has 0 bridgehead atoms. The molecule has 0 N–H and O–H groups in total. The number of para-hydroxylation sites is 2. The second-order valence-electron chi connectivity index (χ2n) is 6.46. The van der Waals surface area contributed by atoms with Crippen molar-refractivity contribution in [1.82, 2.24) is 4.90 Å². The van der Waals surface area contributed by atoms with Crippen LogP contribution in [0.25, 0.3) is 0 Å². The summed E-state index contributed by atoms with van der Waals surface area (Å²) in [5, 5.41) is 0. The molecule has 6 nitrogen and oxygen atoms in total. The summed E-state index contributed by atoms with van der Waals surface area (Å²) >= 11 is 0. The van der Waals surface area contributed by atoms with Crippen LogP contribution < -0.4 is 9.64 Å². The van der Waals surface area contributed by atoms with E-state index in [1.807, 2.05) is 43.0 Å². The van der Waals surface area contributed by atoms with Crippen molar-refractivity contribution in [3.05, 3.63) is 24.3 Å². The number of nitrogens with zero attached hydrogens (tertiary/aromatic N) is 2. The molecule has 0 radical (unpaired) electrons. The van der Waals surface area contributed by atoms with Crippen LogP contribution >= 0.6 is 0 Å². The van der Waals surface area contributed by atoms with Crippen LogP contribution in [0.1, 0.15) is 26.7 Å². The number of hydrogen-bond acceptors (Lipinski definition) is 4. The van der Waals surface area contributed by atoms with Gasteiger partial charge >= 0.3 is 0 Å². The monoisotopic (exact) mass is 332 g/mol. The van der Waals surface area contributed by atoms with Crippen molar-refractivity contribution in [3.8, 4) is 5.75 Å². The molecule has 1 aromatic carbocycles. The average Bonchev–Trinajstić information content (AvgIpc) is 2.56. The summed E-state index contributed by atoms with van der Waals surface area (Å²) in [6.45, 7) is 5.84. The highest BCUT2D eigenvalue weighted by Crippen LogP contribution is 2.31.